The second-order valence-electron chi connectivity index (χ2n) is 8.16. The zero-order chi connectivity index (χ0) is 20.5. The zero-order valence-corrected chi connectivity index (χ0v) is 17.4. The molecule has 1 heterocycles. The van der Waals surface area contributed by atoms with Crippen LogP contribution in [0.4, 0.5) is 5.69 Å². The van der Waals surface area contributed by atoms with E-state index < -0.39 is 0 Å². The van der Waals surface area contributed by atoms with E-state index in [1.807, 2.05) is 6.07 Å². The zero-order valence-electron chi connectivity index (χ0n) is 17.4. The van der Waals surface area contributed by atoms with Gasteiger partial charge in [0.15, 0.2) is 5.96 Å². The number of nitro benzene ring substituents is 1. The van der Waals surface area contributed by atoms with Gasteiger partial charge in [-0.05, 0) is 18.4 Å². The number of hydrogen-bond acceptors (Lipinski definition) is 5. The van der Waals surface area contributed by atoms with Gasteiger partial charge in [-0.15, -0.1) is 0 Å². The van der Waals surface area contributed by atoms with Crippen LogP contribution in [-0.2, 0) is 11.3 Å². The van der Waals surface area contributed by atoms with Gasteiger partial charge in [-0.2, -0.15) is 0 Å². The number of ether oxygens (including phenoxy) is 1. The normalized spacial score (nSPS) is 20.2. The van der Waals surface area contributed by atoms with Crippen molar-refractivity contribution in [3.8, 4) is 0 Å². The predicted molar refractivity (Wildman–Crippen MR) is 114 cm³/mol. The van der Waals surface area contributed by atoms with Crippen molar-refractivity contribution in [1.29, 1.82) is 0 Å². The van der Waals surface area contributed by atoms with Crippen LogP contribution in [0.3, 0.4) is 0 Å². The maximum Gasteiger partial charge on any atom is 0.269 e. The van der Waals surface area contributed by atoms with E-state index in [0.717, 1.165) is 50.9 Å². The van der Waals surface area contributed by atoms with Crippen molar-refractivity contribution in [2.75, 3.05) is 46.4 Å². The molecule has 0 unspecified atom stereocenters. The molecule has 2 N–H and O–H groups in total. The first-order valence-corrected chi connectivity index (χ1v) is 10.6. The topological polar surface area (TPSA) is 92.0 Å². The molecule has 160 valence electrons. The first kappa shape index (κ1) is 21.5. The molecular formula is C21H33N5O3. The lowest BCUT2D eigenvalue weighted by atomic mass is 9.73. The molecule has 2 aliphatic rings. The third-order valence-corrected chi connectivity index (χ3v) is 6.01. The van der Waals surface area contributed by atoms with Gasteiger partial charge in [0.25, 0.3) is 5.69 Å². The van der Waals surface area contributed by atoms with Gasteiger partial charge in [-0.25, -0.2) is 0 Å². The minimum absolute atomic E-state index is 0.110. The highest BCUT2D eigenvalue weighted by Crippen LogP contribution is 2.36. The Morgan fingerprint density at radius 2 is 2.00 bits per heavy atom. The fourth-order valence-electron chi connectivity index (χ4n) is 4.38. The van der Waals surface area contributed by atoms with Crippen molar-refractivity contribution in [2.45, 2.75) is 38.6 Å². The number of rotatable bonds is 7. The van der Waals surface area contributed by atoms with Gasteiger partial charge < -0.3 is 15.4 Å². The summed E-state index contributed by atoms with van der Waals surface area (Å²) in [5.41, 5.74) is 1.24. The second kappa shape index (κ2) is 10.5. The number of nitrogens with one attached hydrogen (secondary N) is 2. The maximum atomic E-state index is 11.0. The largest absolute Gasteiger partial charge is 0.379 e. The molecule has 1 aliphatic carbocycles. The van der Waals surface area contributed by atoms with Crippen LogP contribution in [0, 0.1) is 15.5 Å². The number of non-ortho nitro benzene ring substituents is 1. The van der Waals surface area contributed by atoms with Crippen LogP contribution in [0.25, 0.3) is 0 Å². The molecule has 1 aromatic rings. The first-order chi connectivity index (χ1) is 14.1. The van der Waals surface area contributed by atoms with Gasteiger partial charge in [-0.1, -0.05) is 31.4 Å². The van der Waals surface area contributed by atoms with Gasteiger partial charge in [0, 0.05) is 57.3 Å². The molecule has 1 aliphatic heterocycles. The molecule has 1 saturated heterocycles. The van der Waals surface area contributed by atoms with Crippen molar-refractivity contribution in [3.05, 3.63) is 39.9 Å². The summed E-state index contributed by atoms with van der Waals surface area (Å²) >= 11 is 0. The van der Waals surface area contributed by atoms with E-state index in [-0.39, 0.29) is 16.0 Å². The molecule has 0 aromatic heterocycles. The Kier molecular flexibility index (Phi) is 7.83. The van der Waals surface area contributed by atoms with Crippen LogP contribution in [-0.4, -0.2) is 62.2 Å². The second-order valence-corrected chi connectivity index (χ2v) is 8.16. The number of benzene rings is 1. The smallest absolute Gasteiger partial charge is 0.269 e. The summed E-state index contributed by atoms with van der Waals surface area (Å²) in [5.74, 6) is 0.739. The first-order valence-electron chi connectivity index (χ1n) is 10.6. The van der Waals surface area contributed by atoms with E-state index in [9.17, 15) is 10.1 Å². The number of morpholine rings is 1. The van der Waals surface area contributed by atoms with E-state index in [0.29, 0.717) is 6.54 Å². The molecule has 8 nitrogen and oxygen atoms in total. The van der Waals surface area contributed by atoms with Gasteiger partial charge in [0.2, 0.25) is 0 Å². The standard InChI is InChI=1S/C21H33N5O3/c1-22-20(23-15-18-6-5-7-19(14-18)26(27)28)24-16-21(8-3-2-4-9-21)17-25-10-12-29-13-11-25/h5-7,14H,2-4,8-13,15-17H2,1H3,(H2,22,23,24). The molecule has 0 amide bonds. The molecule has 3 rings (SSSR count). The minimum atomic E-state index is -0.366. The van der Waals surface area contributed by atoms with Crippen LogP contribution in [0.5, 0.6) is 0 Å². The Balaban J connectivity index is 1.55. The van der Waals surface area contributed by atoms with Gasteiger partial charge in [0.05, 0.1) is 18.1 Å². The molecule has 0 atom stereocenters. The van der Waals surface area contributed by atoms with Gasteiger partial charge in [-0.3, -0.25) is 20.0 Å². The third-order valence-electron chi connectivity index (χ3n) is 6.01. The number of nitro groups is 1. The highest BCUT2D eigenvalue weighted by molar-refractivity contribution is 5.79. The number of aliphatic imine (C=N–C) groups is 1. The molecule has 0 spiro atoms. The Morgan fingerprint density at radius 1 is 1.24 bits per heavy atom. The van der Waals surface area contributed by atoms with Crippen LogP contribution in [0.1, 0.15) is 37.7 Å². The maximum absolute atomic E-state index is 11.0. The molecule has 29 heavy (non-hydrogen) atoms. The lowest BCUT2D eigenvalue weighted by Gasteiger charge is -2.42. The van der Waals surface area contributed by atoms with Crippen molar-refractivity contribution in [1.82, 2.24) is 15.5 Å². The quantitative estimate of drug-likeness (QED) is 0.315. The Bertz CT molecular complexity index is 697. The average Bonchev–Trinajstić information content (AvgIpc) is 2.75. The third kappa shape index (κ3) is 6.40. The summed E-state index contributed by atoms with van der Waals surface area (Å²) in [5, 5.41) is 17.8. The number of guanidine groups is 1. The summed E-state index contributed by atoms with van der Waals surface area (Å²) in [7, 11) is 1.76. The van der Waals surface area contributed by atoms with Crippen LogP contribution in [0.2, 0.25) is 0 Å². The molecule has 8 heteroatoms. The highest BCUT2D eigenvalue weighted by atomic mass is 16.6. The Morgan fingerprint density at radius 3 is 2.69 bits per heavy atom. The van der Waals surface area contributed by atoms with Crippen molar-refractivity contribution >= 4 is 11.6 Å². The molecule has 2 fully saturated rings. The predicted octanol–water partition coefficient (Wildman–Crippen LogP) is 2.54. The average molecular weight is 404 g/mol. The molecule has 1 saturated carbocycles. The molecule has 1 aromatic carbocycles. The number of hydrogen-bond donors (Lipinski definition) is 2. The van der Waals surface area contributed by atoms with Crippen molar-refractivity contribution < 1.29 is 9.66 Å². The van der Waals surface area contributed by atoms with E-state index in [4.69, 9.17) is 4.74 Å². The lowest BCUT2D eigenvalue weighted by Crippen LogP contribution is -2.51. The fourth-order valence-corrected chi connectivity index (χ4v) is 4.38. The number of nitrogens with zero attached hydrogens (tertiary/aromatic N) is 3. The van der Waals surface area contributed by atoms with E-state index in [1.165, 1.54) is 38.2 Å². The molecule has 0 radical (unpaired) electrons. The van der Waals surface area contributed by atoms with Crippen molar-refractivity contribution in [2.24, 2.45) is 10.4 Å². The highest BCUT2D eigenvalue weighted by Gasteiger charge is 2.34. The summed E-state index contributed by atoms with van der Waals surface area (Å²) in [4.78, 5) is 17.5. The molecule has 0 bridgehead atoms. The summed E-state index contributed by atoms with van der Waals surface area (Å²) in [6, 6.07) is 6.70. The SMILES string of the molecule is CN=C(NCc1cccc([N+](=O)[O-])c1)NCC1(CN2CCOCC2)CCCCC1. The monoisotopic (exact) mass is 403 g/mol. The van der Waals surface area contributed by atoms with Gasteiger partial charge in [0.1, 0.15) is 0 Å². The molecular weight excluding hydrogens is 370 g/mol. The Hall–Kier alpha value is -2.19. The van der Waals surface area contributed by atoms with Crippen LogP contribution < -0.4 is 10.6 Å². The van der Waals surface area contributed by atoms with Crippen molar-refractivity contribution in [3.63, 3.8) is 0 Å². The fraction of sp³-hybridized carbons (Fsp3) is 0.667. The van der Waals surface area contributed by atoms with E-state index >= 15 is 0 Å². The summed E-state index contributed by atoms with van der Waals surface area (Å²) in [6.07, 6.45) is 6.36. The lowest BCUT2D eigenvalue weighted by molar-refractivity contribution is -0.384. The Labute approximate surface area is 172 Å². The summed E-state index contributed by atoms with van der Waals surface area (Å²) in [6.45, 7) is 6.18. The minimum Gasteiger partial charge on any atom is -0.379 e. The van der Waals surface area contributed by atoms with E-state index in [1.54, 1.807) is 19.2 Å². The van der Waals surface area contributed by atoms with Crippen LogP contribution in [0.15, 0.2) is 29.3 Å². The van der Waals surface area contributed by atoms with Crippen LogP contribution >= 0.6 is 0 Å². The van der Waals surface area contributed by atoms with E-state index in [2.05, 4.69) is 20.5 Å². The summed E-state index contributed by atoms with van der Waals surface area (Å²) < 4.78 is 5.51. The van der Waals surface area contributed by atoms with Gasteiger partial charge >= 0.3 is 0 Å².